The van der Waals surface area contributed by atoms with Crippen LogP contribution in [0.2, 0.25) is 0 Å². The molecule has 0 rings (SSSR count). The number of hydrogen-bond acceptors (Lipinski definition) is 10. The van der Waals surface area contributed by atoms with E-state index in [1.807, 2.05) is 7.05 Å². The highest BCUT2D eigenvalue weighted by atomic mass is 16.6. The average Bonchev–Trinajstić information content (AvgIpc) is 2.76. The normalized spacial score (nSPS) is 11.2. The summed E-state index contributed by atoms with van der Waals surface area (Å²) in [6, 6.07) is 0. The van der Waals surface area contributed by atoms with E-state index >= 15 is 0 Å². The van der Waals surface area contributed by atoms with Crippen LogP contribution < -0.4 is 5.32 Å². The molecule has 0 aromatic carbocycles. The second-order valence-corrected chi connectivity index (χ2v) is 5.96. The number of hydrogen-bond donors (Lipinski definition) is 1. The first-order chi connectivity index (χ1) is 14.9. The van der Waals surface area contributed by atoms with E-state index in [9.17, 15) is 4.79 Å². The minimum absolute atomic E-state index is 0.422. The summed E-state index contributed by atoms with van der Waals surface area (Å²) in [6.07, 6.45) is 1.26. The van der Waals surface area contributed by atoms with Crippen LogP contribution in [0.5, 0.6) is 0 Å². The Kier molecular flexibility index (Phi) is 27.7. The molecule has 0 atom stereocenters. The molecule has 0 saturated carbocycles. The van der Waals surface area contributed by atoms with Gasteiger partial charge in [0, 0.05) is 13.0 Å². The first-order valence-corrected chi connectivity index (χ1v) is 10.6. The molecule has 30 heavy (non-hydrogen) atoms. The molecular weight excluding hydrogens is 398 g/mol. The topological polar surface area (TPSA) is 103 Å². The maximum atomic E-state index is 10.1. The van der Waals surface area contributed by atoms with Crippen LogP contribution in [-0.4, -0.2) is 126 Å². The Balaban J connectivity index is 2.98. The van der Waals surface area contributed by atoms with Gasteiger partial charge in [0.1, 0.15) is 6.29 Å². The molecular formula is C20H41NO9. The molecule has 0 aromatic heterocycles. The number of nitrogens with one attached hydrogen (secondary N) is 1. The molecule has 0 aliphatic carbocycles. The lowest BCUT2D eigenvalue weighted by Gasteiger charge is -2.08. The van der Waals surface area contributed by atoms with Gasteiger partial charge in [-0.3, -0.25) is 0 Å². The van der Waals surface area contributed by atoms with E-state index in [2.05, 4.69) is 5.32 Å². The Bertz CT molecular complexity index is 325. The van der Waals surface area contributed by atoms with Gasteiger partial charge >= 0.3 is 0 Å². The SMILES string of the molecule is CNCCOCCOCCOCCOCCOCCOCCOCCOCCC=O. The van der Waals surface area contributed by atoms with Gasteiger partial charge in [-0.2, -0.15) is 0 Å². The number of likely N-dealkylation sites (N-methyl/N-ethyl adjacent to an activating group) is 1. The van der Waals surface area contributed by atoms with E-state index in [1.165, 1.54) is 0 Å². The third-order valence-corrected chi connectivity index (χ3v) is 3.48. The van der Waals surface area contributed by atoms with E-state index in [1.54, 1.807) is 0 Å². The van der Waals surface area contributed by atoms with Gasteiger partial charge in [-0.1, -0.05) is 0 Å². The van der Waals surface area contributed by atoms with E-state index in [0.717, 1.165) is 12.8 Å². The van der Waals surface area contributed by atoms with Crippen LogP contribution in [0.4, 0.5) is 0 Å². The summed E-state index contributed by atoms with van der Waals surface area (Å²) in [4.78, 5) is 10.1. The first-order valence-electron chi connectivity index (χ1n) is 10.6. The molecule has 0 heterocycles. The van der Waals surface area contributed by atoms with Gasteiger partial charge in [-0.15, -0.1) is 0 Å². The fourth-order valence-corrected chi connectivity index (χ4v) is 1.95. The molecule has 0 unspecified atom stereocenters. The molecule has 0 aliphatic rings. The predicted octanol–water partition coefficient (Wildman–Crippen LogP) is -0.0724. The van der Waals surface area contributed by atoms with E-state index in [0.29, 0.717) is 112 Å². The second kappa shape index (κ2) is 28.3. The quantitative estimate of drug-likeness (QED) is 0.138. The van der Waals surface area contributed by atoms with Gasteiger partial charge in [0.15, 0.2) is 0 Å². The number of aldehydes is 1. The number of ether oxygens (including phenoxy) is 8. The first kappa shape index (κ1) is 29.3. The highest BCUT2D eigenvalue weighted by molar-refractivity contribution is 5.49. The molecule has 10 heteroatoms. The predicted molar refractivity (Wildman–Crippen MR) is 111 cm³/mol. The van der Waals surface area contributed by atoms with E-state index in [-0.39, 0.29) is 0 Å². The zero-order valence-electron chi connectivity index (χ0n) is 18.5. The summed E-state index contributed by atoms with van der Waals surface area (Å²) in [5, 5.41) is 3.01. The lowest BCUT2D eigenvalue weighted by molar-refractivity contribution is -0.108. The average molecular weight is 440 g/mol. The van der Waals surface area contributed by atoms with E-state index < -0.39 is 0 Å². The van der Waals surface area contributed by atoms with Crippen molar-refractivity contribution in [3.8, 4) is 0 Å². The molecule has 180 valence electrons. The van der Waals surface area contributed by atoms with Gasteiger partial charge in [-0.05, 0) is 7.05 Å². The molecule has 0 aromatic rings. The van der Waals surface area contributed by atoms with Crippen molar-refractivity contribution in [3.05, 3.63) is 0 Å². The highest BCUT2D eigenvalue weighted by Gasteiger charge is 1.95. The number of carbonyl (C=O) groups is 1. The van der Waals surface area contributed by atoms with Crippen molar-refractivity contribution in [1.29, 1.82) is 0 Å². The zero-order chi connectivity index (χ0) is 21.8. The number of carbonyl (C=O) groups excluding carboxylic acids is 1. The monoisotopic (exact) mass is 439 g/mol. The molecule has 0 fully saturated rings. The molecule has 0 aliphatic heterocycles. The lowest BCUT2D eigenvalue weighted by Crippen LogP contribution is -2.17. The summed E-state index contributed by atoms with van der Waals surface area (Å²) in [7, 11) is 1.89. The Morgan fingerprint density at radius 1 is 0.467 bits per heavy atom. The second-order valence-electron chi connectivity index (χ2n) is 5.96. The summed E-state index contributed by atoms with van der Waals surface area (Å²) in [5.74, 6) is 0. The maximum Gasteiger partial charge on any atom is 0.122 e. The van der Waals surface area contributed by atoms with Gasteiger partial charge in [0.25, 0.3) is 0 Å². The van der Waals surface area contributed by atoms with Crippen molar-refractivity contribution in [2.75, 3.05) is 119 Å². The largest absolute Gasteiger partial charge is 0.379 e. The van der Waals surface area contributed by atoms with Gasteiger partial charge in [0.2, 0.25) is 0 Å². The fourth-order valence-electron chi connectivity index (χ4n) is 1.95. The van der Waals surface area contributed by atoms with Crippen molar-refractivity contribution in [2.24, 2.45) is 0 Å². The van der Waals surface area contributed by atoms with Crippen LogP contribution in [-0.2, 0) is 42.7 Å². The van der Waals surface area contributed by atoms with Crippen LogP contribution in [0, 0.1) is 0 Å². The molecule has 0 spiro atoms. The molecule has 10 nitrogen and oxygen atoms in total. The Hall–Kier alpha value is -0.690. The highest BCUT2D eigenvalue weighted by Crippen LogP contribution is 1.86. The van der Waals surface area contributed by atoms with Crippen molar-refractivity contribution in [3.63, 3.8) is 0 Å². The minimum Gasteiger partial charge on any atom is -0.379 e. The Labute approximate surface area is 180 Å². The summed E-state index contributed by atoms with van der Waals surface area (Å²) in [5.41, 5.74) is 0. The van der Waals surface area contributed by atoms with Crippen molar-refractivity contribution < 1.29 is 42.7 Å². The standard InChI is InChI=1S/C20H41NO9/c1-21-3-6-24-8-10-26-12-14-28-16-18-30-20-19-29-17-15-27-13-11-25-9-7-23-5-2-4-22/h4,21H,2-3,5-20H2,1H3. The smallest absolute Gasteiger partial charge is 0.122 e. The fraction of sp³-hybridized carbons (Fsp3) is 0.950. The van der Waals surface area contributed by atoms with Crippen molar-refractivity contribution in [2.45, 2.75) is 6.42 Å². The zero-order valence-corrected chi connectivity index (χ0v) is 18.5. The van der Waals surface area contributed by atoms with E-state index in [4.69, 9.17) is 37.9 Å². The van der Waals surface area contributed by atoms with Crippen molar-refractivity contribution in [1.82, 2.24) is 5.32 Å². The summed E-state index contributed by atoms with van der Waals surface area (Å²) < 4.78 is 42.8. The molecule has 0 amide bonds. The summed E-state index contributed by atoms with van der Waals surface area (Å²) >= 11 is 0. The Morgan fingerprint density at radius 2 is 0.733 bits per heavy atom. The van der Waals surface area contributed by atoms with Crippen LogP contribution in [0.3, 0.4) is 0 Å². The third-order valence-electron chi connectivity index (χ3n) is 3.48. The summed E-state index contributed by atoms with van der Waals surface area (Å²) in [6.45, 7) is 9.43. The lowest BCUT2D eigenvalue weighted by atomic mass is 10.5. The van der Waals surface area contributed by atoms with Crippen molar-refractivity contribution >= 4 is 6.29 Å². The molecule has 0 bridgehead atoms. The maximum absolute atomic E-state index is 10.1. The molecule has 0 saturated heterocycles. The molecule has 0 radical (unpaired) electrons. The van der Waals surface area contributed by atoms with Crippen LogP contribution in [0.1, 0.15) is 6.42 Å². The third kappa shape index (κ3) is 27.3. The van der Waals surface area contributed by atoms with Gasteiger partial charge in [0.05, 0.1) is 106 Å². The number of rotatable bonds is 27. The minimum atomic E-state index is 0.422. The van der Waals surface area contributed by atoms with Crippen LogP contribution >= 0.6 is 0 Å². The van der Waals surface area contributed by atoms with Crippen LogP contribution in [0.15, 0.2) is 0 Å². The van der Waals surface area contributed by atoms with Crippen LogP contribution in [0.25, 0.3) is 0 Å². The molecule has 1 N–H and O–H groups in total. The Morgan fingerprint density at radius 3 is 1.00 bits per heavy atom. The van der Waals surface area contributed by atoms with Gasteiger partial charge < -0.3 is 48.0 Å². The van der Waals surface area contributed by atoms with Gasteiger partial charge in [-0.25, -0.2) is 0 Å².